The first kappa shape index (κ1) is 9.08. The van der Waals surface area contributed by atoms with Crippen molar-refractivity contribution in [2.45, 2.75) is 10.8 Å². The van der Waals surface area contributed by atoms with Crippen molar-refractivity contribution < 1.29 is 4.42 Å². The predicted molar refractivity (Wildman–Crippen MR) is 54.7 cm³/mol. The number of thioether (sulfide) groups is 1. The highest BCUT2D eigenvalue weighted by Crippen LogP contribution is 2.20. The van der Waals surface area contributed by atoms with E-state index in [4.69, 9.17) is 10.2 Å². The van der Waals surface area contributed by atoms with Gasteiger partial charge in [-0.15, -0.1) is 0 Å². The molecule has 0 fully saturated rings. The lowest BCUT2D eigenvalue weighted by Crippen LogP contribution is -1.94. The van der Waals surface area contributed by atoms with Gasteiger partial charge in [0.05, 0.1) is 12.0 Å². The summed E-state index contributed by atoms with van der Waals surface area (Å²) in [5.74, 6) is 1.98. The summed E-state index contributed by atoms with van der Waals surface area (Å²) in [4.78, 5) is 7.88. The summed E-state index contributed by atoms with van der Waals surface area (Å²) in [5.41, 5.74) is 5.45. The highest BCUT2D eigenvalue weighted by Gasteiger charge is 1.99. The Balaban J connectivity index is 1.98. The van der Waals surface area contributed by atoms with Crippen LogP contribution in [0.1, 0.15) is 5.76 Å². The van der Waals surface area contributed by atoms with Crippen molar-refractivity contribution in [2.24, 2.45) is 0 Å². The Morgan fingerprint density at radius 3 is 3.07 bits per heavy atom. The second-order valence-corrected chi connectivity index (χ2v) is 3.62. The molecule has 2 aromatic rings. The molecule has 2 N–H and O–H groups in total. The molecule has 72 valence electrons. The third kappa shape index (κ3) is 2.26. The Morgan fingerprint density at radius 1 is 1.43 bits per heavy atom. The van der Waals surface area contributed by atoms with Crippen molar-refractivity contribution in [3.63, 3.8) is 0 Å². The molecule has 4 nitrogen and oxygen atoms in total. The Kier molecular flexibility index (Phi) is 2.69. The molecule has 2 aromatic heterocycles. The molecule has 0 amide bonds. The van der Waals surface area contributed by atoms with E-state index >= 15 is 0 Å². The number of rotatable bonds is 3. The van der Waals surface area contributed by atoms with Crippen LogP contribution in [0.3, 0.4) is 0 Å². The highest BCUT2D eigenvalue weighted by atomic mass is 32.2. The van der Waals surface area contributed by atoms with Crippen molar-refractivity contribution in [1.82, 2.24) is 9.97 Å². The normalized spacial score (nSPS) is 10.3. The predicted octanol–water partition coefficient (Wildman–Crippen LogP) is 1.94. The fraction of sp³-hybridized carbons (Fsp3) is 0.111. The molecule has 2 heterocycles. The van der Waals surface area contributed by atoms with Gasteiger partial charge in [-0.2, -0.15) is 0 Å². The molecule has 0 atom stereocenters. The Bertz CT molecular complexity index is 402. The molecule has 0 saturated heterocycles. The maximum Gasteiger partial charge on any atom is 0.221 e. The monoisotopic (exact) mass is 207 g/mol. The van der Waals surface area contributed by atoms with Gasteiger partial charge in [0.15, 0.2) is 0 Å². The fourth-order valence-electron chi connectivity index (χ4n) is 0.977. The van der Waals surface area contributed by atoms with Gasteiger partial charge in [-0.25, -0.2) is 9.97 Å². The van der Waals surface area contributed by atoms with Crippen LogP contribution in [0.15, 0.2) is 40.1 Å². The standard InChI is InChI=1S/C9H9N3OS/c10-9-11-4-3-8(12-9)14-6-7-2-1-5-13-7/h1-5H,6H2,(H2,10,11,12). The summed E-state index contributed by atoms with van der Waals surface area (Å²) >= 11 is 1.57. The smallest absolute Gasteiger partial charge is 0.221 e. The molecule has 0 bridgehead atoms. The first-order valence-corrected chi connectivity index (χ1v) is 5.07. The van der Waals surface area contributed by atoms with Crippen molar-refractivity contribution >= 4 is 17.7 Å². The second kappa shape index (κ2) is 4.15. The topological polar surface area (TPSA) is 64.9 Å². The van der Waals surface area contributed by atoms with Gasteiger partial charge in [0.2, 0.25) is 5.95 Å². The van der Waals surface area contributed by atoms with Gasteiger partial charge >= 0.3 is 0 Å². The van der Waals surface area contributed by atoms with E-state index < -0.39 is 0 Å². The summed E-state index contributed by atoms with van der Waals surface area (Å²) in [7, 11) is 0. The average molecular weight is 207 g/mol. The summed E-state index contributed by atoms with van der Waals surface area (Å²) in [6.07, 6.45) is 3.30. The van der Waals surface area contributed by atoms with Crippen LogP contribution >= 0.6 is 11.8 Å². The minimum Gasteiger partial charge on any atom is -0.468 e. The molecule has 0 aliphatic heterocycles. The molecular formula is C9H9N3OS. The van der Waals surface area contributed by atoms with Crippen LogP contribution in [-0.4, -0.2) is 9.97 Å². The van der Waals surface area contributed by atoms with Gasteiger partial charge in [0, 0.05) is 6.20 Å². The number of nitrogen functional groups attached to an aromatic ring is 1. The van der Waals surface area contributed by atoms with Crippen LogP contribution < -0.4 is 5.73 Å². The largest absolute Gasteiger partial charge is 0.468 e. The first-order valence-electron chi connectivity index (χ1n) is 4.08. The summed E-state index contributed by atoms with van der Waals surface area (Å²) in [5, 5.41) is 0.855. The number of hydrogen-bond acceptors (Lipinski definition) is 5. The van der Waals surface area contributed by atoms with Crippen LogP contribution in [0.4, 0.5) is 5.95 Å². The van der Waals surface area contributed by atoms with Crippen LogP contribution in [0.25, 0.3) is 0 Å². The molecule has 0 spiro atoms. The summed E-state index contributed by atoms with van der Waals surface area (Å²) in [6, 6.07) is 5.62. The van der Waals surface area contributed by atoms with Crippen LogP contribution in [0.2, 0.25) is 0 Å². The molecular weight excluding hydrogens is 198 g/mol. The molecule has 0 unspecified atom stereocenters. The molecule has 2 rings (SSSR count). The van der Waals surface area contributed by atoms with E-state index in [1.807, 2.05) is 18.2 Å². The number of nitrogens with two attached hydrogens (primary N) is 1. The van der Waals surface area contributed by atoms with E-state index in [2.05, 4.69) is 9.97 Å². The third-order valence-electron chi connectivity index (χ3n) is 1.59. The van der Waals surface area contributed by atoms with E-state index in [9.17, 15) is 0 Å². The van der Waals surface area contributed by atoms with E-state index in [1.54, 1.807) is 24.2 Å². The summed E-state index contributed by atoms with van der Waals surface area (Å²) < 4.78 is 5.19. The van der Waals surface area contributed by atoms with Crippen molar-refractivity contribution in [1.29, 1.82) is 0 Å². The molecule has 0 aliphatic carbocycles. The zero-order valence-corrected chi connectivity index (χ0v) is 8.20. The van der Waals surface area contributed by atoms with Gasteiger partial charge in [0.25, 0.3) is 0 Å². The Labute approximate surface area is 85.6 Å². The minimum atomic E-state index is 0.300. The van der Waals surface area contributed by atoms with Crippen molar-refractivity contribution in [2.75, 3.05) is 5.73 Å². The van der Waals surface area contributed by atoms with Gasteiger partial charge in [-0.05, 0) is 18.2 Å². The highest BCUT2D eigenvalue weighted by molar-refractivity contribution is 7.98. The number of hydrogen-bond donors (Lipinski definition) is 1. The maximum atomic E-state index is 5.45. The average Bonchev–Trinajstić information content (AvgIpc) is 2.67. The lowest BCUT2D eigenvalue weighted by atomic mass is 10.5. The van der Waals surface area contributed by atoms with Crippen LogP contribution in [0, 0.1) is 0 Å². The molecule has 14 heavy (non-hydrogen) atoms. The molecule has 0 aromatic carbocycles. The lowest BCUT2D eigenvalue weighted by Gasteiger charge is -1.98. The zero-order valence-electron chi connectivity index (χ0n) is 7.38. The SMILES string of the molecule is Nc1nccc(SCc2ccco2)n1. The first-order chi connectivity index (χ1) is 6.84. The van der Waals surface area contributed by atoms with Gasteiger partial charge in [-0.3, -0.25) is 0 Å². The van der Waals surface area contributed by atoms with E-state index in [0.717, 1.165) is 16.5 Å². The third-order valence-corrected chi connectivity index (χ3v) is 2.54. The fourth-order valence-corrected chi connectivity index (χ4v) is 1.75. The van der Waals surface area contributed by atoms with Crippen molar-refractivity contribution in [3.05, 3.63) is 36.4 Å². The van der Waals surface area contributed by atoms with E-state index in [0.29, 0.717) is 5.95 Å². The van der Waals surface area contributed by atoms with Crippen LogP contribution in [0.5, 0.6) is 0 Å². The molecule has 0 saturated carbocycles. The van der Waals surface area contributed by atoms with Gasteiger partial charge in [0.1, 0.15) is 10.8 Å². The molecule has 5 heteroatoms. The quantitative estimate of drug-likeness (QED) is 0.615. The number of furan rings is 1. The molecule has 0 radical (unpaired) electrons. The number of nitrogens with zero attached hydrogens (tertiary/aromatic N) is 2. The van der Waals surface area contributed by atoms with Crippen molar-refractivity contribution in [3.8, 4) is 0 Å². The molecule has 0 aliphatic rings. The number of aromatic nitrogens is 2. The van der Waals surface area contributed by atoms with E-state index in [1.165, 1.54) is 0 Å². The van der Waals surface area contributed by atoms with Gasteiger partial charge in [-0.1, -0.05) is 11.8 Å². The van der Waals surface area contributed by atoms with Gasteiger partial charge < -0.3 is 10.2 Å². The lowest BCUT2D eigenvalue weighted by molar-refractivity contribution is 0.530. The zero-order chi connectivity index (χ0) is 9.80. The second-order valence-electron chi connectivity index (χ2n) is 2.62. The maximum absolute atomic E-state index is 5.45. The van der Waals surface area contributed by atoms with E-state index in [-0.39, 0.29) is 0 Å². The Hall–Kier alpha value is -1.49. The Morgan fingerprint density at radius 2 is 2.36 bits per heavy atom. The summed E-state index contributed by atoms with van der Waals surface area (Å²) in [6.45, 7) is 0. The minimum absolute atomic E-state index is 0.300. The number of anilines is 1. The van der Waals surface area contributed by atoms with Crippen LogP contribution in [-0.2, 0) is 5.75 Å².